The Bertz CT molecular complexity index is 790. The molecule has 0 radical (unpaired) electrons. The molecule has 5 heteroatoms. The lowest BCUT2D eigenvalue weighted by Gasteiger charge is -2.23. The molecule has 1 unspecified atom stereocenters. The van der Waals surface area contributed by atoms with Gasteiger partial charge in [-0.3, -0.25) is 4.79 Å². The molecule has 2 aromatic rings. The summed E-state index contributed by atoms with van der Waals surface area (Å²) in [6, 6.07) is 8.44. The molecule has 1 aliphatic heterocycles. The van der Waals surface area contributed by atoms with Crippen LogP contribution in [0.5, 0.6) is 0 Å². The highest BCUT2D eigenvalue weighted by atomic mass is 16.4. The van der Waals surface area contributed by atoms with Crippen LogP contribution in [-0.4, -0.2) is 19.0 Å². The summed E-state index contributed by atoms with van der Waals surface area (Å²) in [5, 5.41) is 7.16. The van der Waals surface area contributed by atoms with Gasteiger partial charge in [-0.1, -0.05) is 0 Å². The minimum absolute atomic E-state index is 0.110. The lowest BCUT2D eigenvalue weighted by atomic mass is 9.92. The molecule has 22 heavy (non-hydrogen) atoms. The summed E-state index contributed by atoms with van der Waals surface area (Å²) < 4.78 is 5.10. The van der Waals surface area contributed by atoms with Crippen molar-refractivity contribution in [1.29, 1.82) is 0 Å². The van der Waals surface area contributed by atoms with Crippen LogP contribution >= 0.6 is 0 Å². The number of hydrogen-bond donors (Lipinski definition) is 2. The largest absolute Gasteiger partial charge is 0.423 e. The second-order valence-corrected chi connectivity index (χ2v) is 6.37. The number of amides is 1. The van der Waals surface area contributed by atoms with E-state index in [4.69, 9.17) is 4.42 Å². The van der Waals surface area contributed by atoms with Gasteiger partial charge >= 0.3 is 5.63 Å². The van der Waals surface area contributed by atoms with E-state index < -0.39 is 0 Å². The van der Waals surface area contributed by atoms with E-state index in [0.717, 1.165) is 43.4 Å². The van der Waals surface area contributed by atoms with Gasteiger partial charge in [0.05, 0.1) is 0 Å². The van der Waals surface area contributed by atoms with Crippen LogP contribution in [0.1, 0.15) is 19.3 Å². The summed E-state index contributed by atoms with van der Waals surface area (Å²) in [5.74, 6) is 0.248. The van der Waals surface area contributed by atoms with Crippen molar-refractivity contribution in [3.8, 4) is 0 Å². The molecule has 2 fully saturated rings. The molecule has 1 atom stereocenters. The number of anilines is 1. The van der Waals surface area contributed by atoms with E-state index in [1.165, 1.54) is 6.07 Å². The molecule has 1 saturated heterocycles. The van der Waals surface area contributed by atoms with Crippen molar-refractivity contribution in [3.63, 3.8) is 0 Å². The van der Waals surface area contributed by atoms with Crippen LogP contribution in [-0.2, 0) is 4.79 Å². The Kier molecular flexibility index (Phi) is 3.04. The van der Waals surface area contributed by atoms with Gasteiger partial charge in [0.1, 0.15) is 5.58 Å². The highest BCUT2D eigenvalue weighted by molar-refractivity contribution is 5.96. The van der Waals surface area contributed by atoms with Crippen molar-refractivity contribution in [2.75, 3.05) is 18.4 Å². The molecular formula is C17H18N2O3. The monoisotopic (exact) mass is 298 g/mol. The number of carbonyl (C=O) groups excluding carboxylic acids is 1. The third kappa shape index (κ3) is 2.31. The van der Waals surface area contributed by atoms with Gasteiger partial charge in [0, 0.05) is 23.1 Å². The average Bonchev–Trinajstić information content (AvgIpc) is 3.21. The van der Waals surface area contributed by atoms with Gasteiger partial charge in [0.2, 0.25) is 5.91 Å². The number of fused-ring (bicyclic) bond motifs is 1. The Balaban J connectivity index is 1.50. The third-order valence-electron chi connectivity index (χ3n) is 4.99. The lowest BCUT2D eigenvalue weighted by Crippen LogP contribution is -2.31. The molecular weight excluding hydrogens is 280 g/mol. The molecule has 1 saturated carbocycles. The van der Waals surface area contributed by atoms with E-state index in [2.05, 4.69) is 10.6 Å². The first kappa shape index (κ1) is 13.5. The molecule has 114 valence electrons. The normalized spacial score (nSPS) is 22.6. The molecule has 1 aromatic carbocycles. The van der Waals surface area contributed by atoms with Crippen LogP contribution in [0.2, 0.25) is 0 Å². The molecule has 1 aliphatic carbocycles. The summed E-state index contributed by atoms with van der Waals surface area (Å²) >= 11 is 0. The van der Waals surface area contributed by atoms with Crippen molar-refractivity contribution in [2.45, 2.75) is 19.3 Å². The second-order valence-electron chi connectivity index (χ2n) is 6.37. The number of piperidine rings is 1. The van der Waals surface area contributed by atoms with Crippen molar-refractivity contribution >= 4 is 22.6 Å². The highest BCUT2D eigenvalue weighted by Gasteiger charge is 2.57. The van der Waals surface area contributed by atoms with Crippen LogP contribution in [0.15, 0.2) is 39.5 Å². The van der Waals surface area contributed by atoms with E-state index >= 15 is 0 Å². The molecule has 1 amide bonds. The quantitative estimate of drug-likeness (QED) is 0.833. The molecule has 0 bridgehead atoms. The van der Waals surface area contributed by atoms with Crippen molar-refractivity contribution in [2.24, 2.45) is 11.3 Å². The summed E-state index contributed by atoms with van der Waals surface area (Å²) in [5.41, 5.74) is 1.16. The van der Waals surface area contributed by atoms with Gasteiger partial charge in [-0.05, 0) is 62.0 Å². The first-order valence-electron chi connectivity index (χ1n) is 7.72. The fraction of sp³-hybridized carbons (Fsp3) is 0.412. The predicted molar refractivity (Wildman–Crippen MR) is 83.8 cm³/mol. The van der Waals surface area contributed by atoms with Crippen LogP contribution in [0.25, 0.3) is 11.0 Å². The molecule has 2 aliphatic rings. The zero-order valence-corrected chi connectivity index (χ0v) is 12.2. The highest BCUT2D eigenvalue weighted by Crippen LogP contribution is 2.58. The number of nitrogens with one attached hydrogen (secondary N) is 2. The van der Waals surface area contributed by atoms with Crippen molar-refractivity contribution in [3.05, 3.63) is 40.8 Å². The number of hydrogen-bond acceptors (Lipinski definition) is 4. The van der Waals surface area contributed by atoms with Gasteiger partial charge in [0.25, 0.3) is 0 Å². The van der Waals surface area contributed by atoms with Crippen LogP contribution in [0, 0.1) is 11.3 Å². The fourth-order valence-electron chi connectivity index (χ4n) is 3.57. The standard InChI is InChI=1S/C17H18N2O3/c20-15-4-1-11-9-12(2-3-14(11)22-15)19-16(21)13-10-17(13)5-7-18-8-6-17/h1-4,9,13,18H,5-8,10H2,(H,19,21). The molecule has 2 N–H and O–H groups in total. The van der Waals surface area contributed by atoms with Crippen LogP contribution in [0.4, 0.5) is 5.69 Å². The van der Waals surface area contributed by atoms with Crippen LogP contribution < -0.4 is 16.3 Å². The lowest BCUT2D eigenvalue weighted by molar-refractivity contribution is -0.118. The maximum Gasteiger partial charge on any atom is 0.336 e. The first-order chi connectivity index (χ1) is 10.7. The van der Waals surface area contributed by atoms with E-state index in [-0.39, 0.29) is 22.9 Å². The van der Waals surface area contributed by atoms with Gasteiger partial charge in [-0.15, -0.1) is 0 Å². The maximum absolute atomic E-state index is 12.4. The minimum atomic E-state index is -0.366. The Morgan fingerprint density at radius 3 is 2.86 bits per heavy atom. The summed E-state index contributed by atoms with van der Waals surface area (Å²) in [6.07, 6.45) is 3.19. The van der Waals surface area contributed by atoms with E-state index in [0.29, 0.717) is 5.58 Å². The van der Waals surface area contributed by atoms with Crippen molar-refractivity contribution in [1.82, 2.24) is 5.32 Å². The van der Waals surface area contributed by atoms with Gasteiger partial charge < -0.3 is 15.1 Å². The Morgan fingerprint density at radius 2 is 2.05 bits per heavy atom. The number of benzene rings is 1. The average molecular weight is 298 g/mol. The second kappa shape index (κ2) is 4.95. The van der Waals surface area contributed by atoms with Crippen LogP contribution in [0.3, 0.4) is 0 Å². The van der Waals surface area contributed by atoms with E-state index in [9.17, 15) is 9.59 Å². The number of rotatable bonds is 2. The summed E-state index contributed by atoms with van der Waals surface area (Å²) in [7, 11) is 0. The third-order valence-corrected chi connectivity index (χ3v) is 4.99. The van der Waals surface area contributed by atoms with Gasteiger partial charge in [-0.25, -0.2) is 4.79 Å². The Hall–Kier alpha value is -2.14. The fourth-order valence-corrected chi connectivity index (χ4v) is 3.57. The smallest absolute Gasteiger partial charge is 0.336 e. The molecule has 5 nitrogen and oxygen atoms in total. The zero-order valence-electron chi connectivity index (χ0n) is 12.2. The SMILES string of the molecule is O=C(Nc1ccc2oc(=O)ccc2c1)C1CC12CCNCC2. The number of carbonyl (C=O) groups is 1. The van der Waals surface area contributed by atoms with E-state index in [1.807, 2.05) is 6.07 Å². The maximum atomic E-state index is 12.4. The summed E-state index contributed by atoms with van der Waals surface area (Å²) in [6.45, 7) is 2.03. The minimum Gasteiger partial charge on any atom is -0.423 e. The van der Waals surface area contributed by atoms with Gasteiger partial charge in [-0.2, -0.15) is 0 Å². The molecule has 4 rings (SSSR count). The molecule has 1 aromatic heterocycles. The molecule has 2 heterocycles. The molecule has 1 spiro atoms. The Labute approximate surface area is 127 Å². The van der Waals surface area contributed by atoms with Gasteiger partial charge in [0.15, 0.2) is 0 Å². The van der Waals surface area contributed by atoms with Crippen molar-refractivity contribution < 1.29 is 9.21 Å². The zero-order chi connectivity index (χ0) is 15.2. The first-order valence-corrected chi connectivity index (χ1v) is 7.72. The predicted octanol–water partition coefficient (Wildman–Crippen LogP) is 2.12. The Morgan fingerprint density at radius 1 is 1.23 bits per heavy atom. The summed E-state index contributed by atoms with van der Waals surface area (Å²) in [4.78, 5) is 23.6. The topological polar surface area (TPSA) is 71.3 Å². The van der Waals surface area contributed by atoms with E-state index in [1.54, 1.807) is 18.2 Å².